The van der Waals surface area contributed by atoms with Crippen molar-refractivity contribution < 1.29 is 37.8 Å². The number of benzene rings is 1. The van der Waals surface area contributed by atoms with Gasteiger partial charge in [0, 0.05) is 18.7 Å². The molecule has 1 aliphatic rings. The largest absolute Gasteiger partial charge is 0.462 e. The predicted molar refractivity (Wildman–Crippen MR) is 118 cm³/mol. The maximum absolute atomic E-state index is 11.0. The molecule has 5 atom stereocenters. The first kappa shape index (κ1) is 25.9. The smallest absolute Gasteiger partial charge is 0.264 e. The maximum Gasteiger partial charge on any atom is 0.264 e. The van der Waals surface area contributed by atoms with Gasteiger partial charge in [0.25, 0.3) is 10.1 Å². The van der Waals surface area contributed by atoms with Crippen LogP contribution in [0.3, 0.4) is 0 Å². The molecule has 0 spiro atoms. The number of nitrogens with one attached hydrogen (secondary N) is 2. The van der Waals surface area contributed by atoms with Gasteiger partial charge in [-0.15, -0.1) is 12.3 Å². The Balaban J connectivity index is 1.89. The van der Waals surface area contributed by atoms with Gasteiger partial charge in [-0.2, -0.15) is 8.42 Å². The monoisotopic (exact) mass is 470 g/mol. The summed E-state index contributed by atoms with van der Waals surface area (Å²) in [7, 11) is -4.28. The topological polar surface area (TPSA) is 158 Å². The second kappa shape index (κ2) is 12.1. The molecule has 1 saturated heterocycles. The highest BCUT2D eigenvalue weighted by Crippen LogP contribution is 2.27. The molecule has 0 bridgehead atoms. The van der Waals surface area contributed by atoms with Crippen molar-refractivity contribution in [3.63, 3.8) is 0 Å². The van der Waals surface area contributed by atoms with Crippen LogP contribution in [0.15, 0.2) is 36.7 Å². The van der Waals surface area contributed by atoms with Gasteiger partial charge in [0.2, 0.25) is 6.29 Å². The molecule has 11 heteroatoms. The fraction of sp³-hybridized carbons (Fsp3) is 0.524. The molecule has 1 aromatic carbocycles. The fourth-order valence-corrected chi connectivity index (χ4v) is 3.61. The van der Waals surface area contributed by atoms with Gasteiger partial charge in [0.15, 0.2) is 0 Å². The van der Waals surface area contributed by atoms with Gasteiger partial charge in [0.05, 0.1) is 17.7 Å². The molecule has 0 amide bonds. The molecule has 32 heavy (non-hydrogen) atoms. The van der Waals surface area contributed by atoms with Crippen LogP contribution in [-0.4, -0.2) is 71.3 Å². The Bertz CT molecular complexity index is 884. The highest BCUT2D eigenvalue weighted by atomic mass is 32.2. The van der Waals surface area contributed by atoms with Crippen molar-refractivity contribution in [1.82, 2.24) is 5.32 Å². The van der Waals surface area contributed by atoms with Gasteiger partial charge in [-0.25, -0.2) is 0 Å². The van der Waals surface area contributed by atoms with Crippen LogP contribution in [0.5, 0.6) is 5.75 Å². The molecule has 1 fully saturated rings. The predicted octanol–water partition coefficient (Wildman–Crippen LogP) is 0.427. The Morgan fingerprint density at radius 2 is 1.84 bits per heavy atom. The molecular formula is C21H30N2O8S. The molecular weight excluding hydrogens is 440 g/mol. The minimum atomic E-state index is -4.28. The van der Waals surface area contributed by atoms with Gasteiger partial charge < -0.3 is 35.4 Å². The van der Waals surface area contributed by atoms with Crippen LogP contribution in [0.2, 0.25) is 0 Å². The summed E-state index contributed by atoms with van der Waals surface area (Å²) in [6, 6.07) is 6.61. The third-order valence-electron chi connectivity index (χ3n) is 4.82. The van der Waals surface area contributed by atoms with E-state index >= 15 is 0 Å². The lowest BCUT2D eigenvalue weighted by atomic mass is 9.97. The minimum Gasteiger partial charge on any atom is -0.462 e. The zero-order valence-electron chi connectivity index (χ0n) is 17.6. The highest BCUT2D eigenvalue weighted by Gasteiger charge is 2.45. The van der Waals surface area contributed by atoms with E-state index in [0.717, 1.165) is 31.5 Å². The number of unbranched alkanes of at least 4 members (excludes halogenated alkanes) is 2. The zero-order chi connectivity index (χ0) is 23.7. The maximum atomic E-state index is 11.0. The normalized spacial score (nSPS) is 25.5. The van der Waals surface area contributed by atoms with Crippen molar-refractivity contribution in [1.29, 1.82) is 0 Å². The molecule has 1 heterocycles. The lowest BCUT2D eigenvalue weighted by Gasteiger charge is -2.40. The minimum absolute atomic E-state index is 0.287. The van der Waals surface area contributed by atoms with E-state index in [0.29, 0.717) is 11.6 Å². The Morgan fingerprint density at radius 3 is 2.47 bits per heavy atom. The molecule has 0 unspecified atom stereocenters. The van der Waals surface area contributed by atoms with Crippen molar-refractivity contribution in [2.45, 2.75) is 56.4 Å². The third-order valence-corrected chi connectivity index (χ3v) is 5.57. The Labute approximate surface area is 188 Å². The SMILES string of the molecule is C#CCCCCNC(=C)Nc1ccc(O[C@H]2O[C@H](CCS(=O)(=O)O)[C@@H](O)[C@H](O)[C@@H]2O)cc1. The summed E-state index contributed by atoms with van der Waals surface area (Å²) < 4.78 is 41.8. The summed E-state index contributed by atoms with van der Waals surface area (Å²) in [6.45, 7) is 4.63. The van der Waals surface area contributed by atoms with Crippen LogP contribution in [0, 0.1) is 12.3 Å². The van der Waals surface area contributed by atoms with E-state index in [1.165, 1.54) is 0 Å². The molecule has 2 rings (SSSR count). The summed E-state index contributed by atoms with van der Waals surface area (Å²) in [6.07, 6.45) is 0.292. The third kappa shape index (κ3) is 8.31. The molecule has 0 aromatic heterocycles. The van der Waals surface area contributed by atoms with Crippen LogP contribution in [0.1, 0.15) is 25.7 Å². The van der Waals surface area contributed by atoms with Gasteiger partial charge in [0.1, 0.15) is 24.1 Å². The summed E-state index contributed by atoms with van der Waals surface area (Å²) >= 11 is 0. The van der Waals surface area contributed by atoms with Crippen molar-refractivity contribution in [2.75, 3.05) is 17.6 Å². The summed E-state index contributed by atoms with van der Waals surface area (Å²) in [5.74, 6) is 2.84. The number of aliphatic hydroxyl groups excluding tert-OH is 3. The van der Waals surface area contributed by atoms with Gasteiger partial charge in [-0.1, -0.05) is 6.58 Å². The summed E-state index contributed by atoms with van der Waals surface area (Å²) in [5, 5.41) is 36.4. The van der Waals surface area contributed by atoms with Crippen LogP contribution in [0.25, 0.3) is 0 Å². The number of anilines is 1. The summed E-state index contributed by atoms with van der Waals surface area (Å²) in [4.78, 5) is 0. The van der Waals surface area contributed by atoms with E-state index in [9.17, 15) is 23.7 Å². The van der Waals surface area contributed by atoms with Gasteiger partial charge in [-0.3, -0.25) is 4.55 Å². The van der Waals surface area contributed by atoms with Crippen LogP contribution in [-0.2, 0) is 14.9 Å². The van der Waals surface area contributed by atoms with Gasteiger partial charge >= 0.3 is 0 Å². The quantitative estimate of drug-likeness (QED) is 0.144. The lowest BCUT2D eigenvalue weighted by Crippen LogP contribution is -2.59. The van der Waals surface area contributed by atoms with E-state index in [-0.39, 0.29) is 6.42 Å². The second-order valence-electron chi connectivity index (χ2n) is 7.42. The molecule has 6 N–H and O–H groups in total. The molecule has 1 aliphatic heterocycles. The number of terminal acetylenes is 1. The number of rotatable bonds is 12. The zero-order valence-corrected chi connectivity index (χ0v) is 18.4. The van der Waals surface area contributed by atoms with Crippen LogP contribution in [0.4, 0.5) is 5.69 Å². The average molecular weight is 471 g/mol. The van der Waals surface area contributed by atoms with E-state index < -0.39 is 46.6 Å². The van der Waals surface area contributed by atoms with Crippen molar-refractivity contribution in [3.05, 3.63) is 36.7 Å². The van der Waals surface area contributed by atoms with Crippen molar-refractivity contribution >= 4 is 15.8 Å². The van der Waals surface area contributed by atoms with Crippen LogP contribution < -0.4 is 15.4 Å². The standard InChI is InChI=1S/C21H30N2O8S/c1-3-4-5-6-12-22-14(2)23-15-7-9-16(10-8-15)30-21-20(26)19(25)18(24)17(31-21)11-13-32(27,28)29/h1,7-10,17-26H,2,4-6,11-13H2,(H,27,28,29)/t17-,18-,19+,20+,21+/m1/s1. The van der Waals surface area contributed by atoms with Gasteiger partial charge in [-0.05, 0) is 43.5 Å². The van der Waals surface area contributed by atoms with Crippen molar-refractivity contribution in [2.24, 2.45) is 0 Å². The fourth-order valence-electron chi connectivity index (χ4n) is 3.08. The summed E-state index contributed by atoms with van der Waals surface area (Å²) in [5.41, 5.74) is 0.727. The lowest BCUT2D eigenvalue weighted by molar-refractivity contribution is -0.272. The van der Waals surface area contributed by atoms with Crippen LogP contribution >= 0.6 is 0 Å². The molecule has 0 saturated carbocycles. The molecule has 178 valence electrons. The molecule has 0 radical (unpaired) electrons. The Morgan fingerprint density at radius 1 is 1.16 bits per heavy atom. The first-order valence-corrected chi connectivity index (χ1v) is 11.8. The Kier molecular flexibility index (Phi) is 9.77. The first-order valence-electron chi connectivity index (χ1n) is 10.2. The number of aliphatic hydroxyl groups is 3. The highest BCUT2D eigenvalue weighted by molar-refractivity contribution is 7.85. The number of hydrogen-bond acceptors (Lipinski definition) is 9. The van der Waals surface area contributed by atoms with E-state index in [1.807, 2.05) is 0 Å². The number of hydrogen-bond donors (Lipinski definition) is 6. The average Bonchev–Trinajstić information content (AvgIpc) is 2.74. The van der Waals surface area contributed by atoms with E-state index in [1.54, 1.807) is 24.3 Å². The van der Waals surface area contributed by atoms with Crippen molar-refractivity contribution in [3.8, 4) is 18.1 Å². The molecule has 1 aromatic rings. The van der Waals surface area contributed by atoms with E-state index in [4.69, 9.17) is 20.4 Å². The Hall–Kier alpha value is -2.33. The first-order chi connectivity index (χ1) is 15.1. The van der Waals surface area contributed by atoms with E-state index in [2.05, 4.69) is 23.1 Å². The second-order valence-corrected chi connectivity index (χ2v) is 9.00. The number of ether oxygens (including phenoxy) is 2. The molecule has 10 nitrogen and oxygen atoms in total. The molecule has 0 aliphatic carbocycles.